The van der Waals surface area contributed by atoms with E-state index < -0.39 is 18.0 Å². The Morgan fingerprint density at radius 3 is 2.68 bits per heavy atom. The highest BCUT2D eigenvalue weighted by molar-refractivity contribution is 7.10. The third-order valence-corrected chi connectivity index (χ3v) is 3.97. The lowest BCUT2D eigenvalue weighted by Gasteiger charge is -2.15. The van der Waals surface area contributed by atoms with E-state index in [0.29, 0.717) is 16.3 Å². The van der Waals surface area contributed by atoms with Crippen molar-refractivity contribution >= 4 is 28.5 Å². The average molecular weight is 284 g/mol. The highest BCUT2D eigenvalue weighted by Crippen LogP contribution is 2.36. The highest BCUT2D eigenvalue weighted by Gasteiger charge is 2.40. The van der Waals surface area contributed by atoms with E-state index in [-0.39, 0.29) is 5.92 Å². The number of nitrogens with one attached hydrogen (secondary N) is 1. The van der Waals surface area contributed by atoms with Gasteiger partial charge in [-0.2, -0.15) is 4.37 Å². The monoisotopic (exact) mass is 284 g/mol. The lowest BCUT2D eigenvalue weighted by atomic mass is 10.2. The zero-order valence-corrected chi connectivity index (χ0v) is 11.9. The van der Waals surface area contributed by atoms with E-state index in [2.05, 4.69) is 14.4 Å². The standard InChI is InChI=1S/C12H16N2O4S/c1-6-8(10(13-2)19-14-6)11(15)18-9(7-4-5-7)12(16)17-3/h7,9,13H,4-5H2,1-3H3/t9-/m0/s1. The van der Waals surface area contributed by atoms with Crippen LogP contribution in [0.5, 0.6) is 0 Å². The molecule has 1 aliphatic rings. The second-order valence-electron chi connectivity index (χ2n) is 4.41. The van der Waals surface area contributed by atoms with Gasteiger partial charge in [-0.1, -0.05) is 0 Å². The van der Waals surface area contributed by atoms with Gasteiger partial charge in [0.15, 0.2) is 0 Å². The normalized spacial score (nSPS) is 15.7. The van der Waals surface area contributed by atoms with E-state index in [9.17, 15) is 9.59 Å². The molecule has 0 unspecified atom stereocenters. The van der Waals surface area contributed by atoms with Crippen LogP contribution in [0.15, 0.2) is 0 Å². The molecule has 19 heavy (non-hydrogen) atoms. The largest absolute Gasteiger partial charge is 0.466 e. The molecular formula is C12H16N2O4S. The van der Waals surface area contributed by atoms with Gasteiger partial charge in [0, 0.05) is 13.0 Å². The predicted molar refractivity (Wildman–Crippen MR) is 70.3 cm³/mol. The smallest absolute Gasteiger partial charge is 0.347 e. The van der Waals surface area contributed by atoms with E-state index in [1.807, 2.05) is 0 Å². The predicted octanol–water partition coefficient (Wildman–Crippen LogP) is 1.60. The van der Waals surface area contributed by atoms with Gasteiger partial charge in [0.25, 0.3) is 0 Å². The van der Waals surface area contributed by atoms with Gasteiger partial charge in [-0.15, -0.1) is 0 Å². The Bertz CT molecular complexity index is 496. The number of esters is 2. The van der Waals surface area contributed by atoms with Crippen LogP contribution >= 0.6 is 11.5 Å². The van der Waals surface area contributed by atoms with Crippen LogP contribution in [0.1, 0.15) is 28.9 Å². The molecule has 6 nitrogen and oxygen atoms in total. The number of rotatable bonds is 5. The van der Waals surface area contributed by atoms with Crippen molar-refractivity contribution in [1.29, 1.82) is 0 Å². The number of nitrogens with zero attached hydrogens (tertiary/aromatic N) is 1. The van der Waals surface area contributed by atoms with Crippen molar-refractivity contribution in [2.75, 3.05) is 19.5 Å². The number of carbonyl (C=O) groups is 2. The Labute approximate surface area is 115 Å². The average Bonchev–Trinajstić information content (AvgIpc) is 3.17. The molecule has 1 fully saturated rings. The van der Waals surface area contributed by atoms with Crippen LogP contribution in [0.2, 0.25) is 0 Å². The summed E-state index contributed by atoms with van der Waals surface area (Å²) < 4.78 is 14.1. The van der Waals surface area contributed by atoms with Crippen molar-refractivity contribution in [2.45, 2.75) is 25.9 Å². The van der Waals surface area contributed by atoms with Gasteiger partial charge in [0.2, 0.25) is 6.10 Å². The Morgan fingerprint density at radius 1 is 1.47 bits per heavy atom. The van der Waals surface area contributed by atoms with Crippen LogP contribution in [-0.4, -0.2) is 36.6 Å². The summed E-state index contributed by atoms with van der Waals surface area (Å²) in [6.45, 7) is 1.73. The summed E-state index contributed by atoms with van der Waals surface area (Å²) in [6.07, 6.45) is 0.959. The summed E-state index contributed by atoms with van der Waals surface area (Å²) in [7, 11) is 3.00. The summed E-state index contributed by atoms with van der Waals surface area (Å²) in [5.74, 6) is -0.943. The van der Waals surface area contributed by atoms with Gasteiger partial charge in [-0.25, -0.2) is 9.59 Å². The molecule has 1 heterocycles. The fourth-order valence-electron chi connectivity index (χ4n) is 1.81. The summed E-state index contributed by atoms with van der Waals surface area (Å²) in [6, 6.07) is 0. The number of carbonyl (C=O) groups excluding carboxylic acids is 2. The van der Waals surface area contributed by atoms with E-state index >= 15 is 0 Å². The molecule has 1 aliphatic carbocycles. The van der Waals surface area contributed by atoms with Crippen LogP contribution in [0.3, 0.4) is 0 Å². The third-order valence-electron chi connectivity index (χ3n) is 3.01. The van der Waals surface area contributed by atoms with Gasteiger partial charge >= 0.3 is 11.9 Å². The first kappa shape index (κ1) is 13.8. The van der Waals surface area contributed by atoms with Crippen molar-refractivity contribution in [3.8, 4) is 0 Å². The maximum absolute atomic E-state index is 12.2. The second-order valence-corrected chi connectivity index (χ2v) is 5.18. The molecule has 0 spiro atoms. The van der Waals surface area contributed by atoms with Crippen molar-refractivity contribution in [3.05, 3.63) is 11.3 Å². The van der Waals surface area contributed by atoms with E-state index in [0.717, 1.165) is 12.8 Å². The lowest BCUT2D eigenvalue weighted by molar-refractivity contribution is -0.152. The summed E-state index contributed by atoms with van der Waals surface area (Å²) >= 11 is 1.19. The Kier molecular flexibility index (Phi) is 4.04. The maximum Gasteiger partial charge on any atom is 0.347 e. The number of hydrogen-bond acceptors (Lipinski definition) is 7. The summed E-state index contributed by atoms with van der Waals surface area (Å²) in [5.41, 5.74) is 0.987. The first-order valence-corrected chi connectivity index (χ1v) is 6.78. The number of aromatic nitrogens is 1. The highest BCUT2D eigenvalue weighted by atomic mass is 32.1. The Hall–Kier alpha value is -1.63. The first-order valence-electron chi connectivity index (χ1n) is 6.01. The molecule has 1 N–H and O–H groups in total. The fourth-order valence-corrected chi connectivity index (χ4v) is 2.54. The first-order chi connectivity index (χ1) is 9.08. The van der Waals surface area contributed by atoms with Crippen molar-refractivity contribution in [2.24, 2.45) is 5.92 Å². The Morgan fingerprint density at radius 2 is 2.16 bits per heavy atom. The molecule has 0 bridgehead atoms. The number of ether oxygens (including phenoxy) is 2. The zero-order valence-electron chi connectivity index (χ0n) is 11.1. The van der Waals surface area contributed by atoms with Gasteiger partial charge in [-0.05, 0) is 31.3 Å². The quantitative estimate of drug-likeness (QED) is 0.828. The molecule has 0 radical (unpaired) electrons. The Balaban J connectivity index is 2.14. The molecule has 1 aromatic heterocycles. The van der Waals surface area contributed by atoms with Crippen LogP contribution in [0, 0.1) is 12.8 Å². The minimum atomic E-state index is -0.804. The van der Waals surface area contributed by atoms with E-state index in [4.69, 9.17) is 4.74 Å². The van der Waals surface area contributed by atoms with E-state index in [1.165, 1.54) is 18.6 Å². The topological polar surface area (TPSA) is 77.5 Å². The van der Waals surface area contributed by atoms with Crippen molar-refractivity contribution < 1.29 is 19.1 Å². The molecule has 0 saturated heterocycles. The number of methoxy groups -OCH3 is 1. The minimum absolute atomic E-state index is 0.0846. The van der Waals surface area contributed by atoms with Crippen LogP contribution in [-0.2, 0) is 14.3 Å². The van der Waals surface area contributed by atoms with Crippen LogP contribution in [0.4, 0.5) is 5.00 Å². The fraction of sp³-hybridized carbons (Fsp3) is 0.583. The third kappa shape index (κ3) is 2.86. The molecule has 2 rings (SSSR count). The van der Waals surface area contributed by atoms with Gasteiger partial charge < -0.3 is 14.8 Å². The molecule has 1 saturated carbocycles. The molecule has 0 amide bonds. The van der Waals surface area contributed by atoms with Crippen LogP contribution in [0.25, 0.3) is 0 Å². The second kappa shape index (κ2) is 5.56. The molecule has 0 aliphatic heterocycles. The SMILES string of the molecule is CNc1snc(C)c1C(=O)O[C@H](C(=O)OC)C1CC1. The van der Waals surface area contributed by atoms with Gasteiger partial charge in [0.05, 0.1) is 12.8 Å². The van der Waals surface area contributed by atoms with Gasteiger partial charge in [0.1, 0.15) is 10.6 Å². The van der Waals surface area contributed by atoms with Crippen LogP contribution < -0.4 is 5.32 Å². The molecule has 104 valence electrons. The van der Waals surface area contributed by atoms with Crippen molar-refractivity contribution in [3.63, 3.8) is 0 Å². The maximum atomic E-state index is 12.2. The molecule has 0 aromatic carbocycles. The molecular weight excluding hydrogens is 268 g/mol. The number of hydrogen-bond donors (Lipinski definition) is 1. The molecule has 1 atom stereocenters. The minimum Gasteiger partial charge on any atom is -0.466 e. The van der Waals surface area contributed by atoms with E-state index in [1.54, 1.807) is 14.0 Å². The molecule has 1 aromatic rings. The van der Waals surface area contributed by atoms with Gasteiger partial charge in [-0.3, -0.25) is 0 Å². The molecule has 7 heteroatoms. The van der Waals surface area contributed by atoms with Crippen molar-refractivity contribution in [1.82, 2.24) is 4.37 Å². The zero-order chi connectivity index (χ0) is 14.0. The number of anilines is 1. The number of aryl methyl sites for hydroxylation is 1. The lowest BCUT2D eigenvalue weighted by Crippen LogP contribution is -2.30. The summed E-state index contributed by atoms with van der Waals surface area (Å²) in [5, 5.41) is 3.54. The summed E-state index contributed by atoms with van der Waals surface area (Å²) in [4.78, 5) is 23.8.